The average Bonchev–Trinajstić information content (AvgIpc) is 3.23. The summed E-state index contributed by atoms with van der Waals surface area (Å²) < 4.78 is 1.29. The smallest absolute Gasteiger partial charge is 0.275 e. The van der Waals surface area contributed by atoms with Crippen molar-refractivity contribution in [2.75, 3.05) is 25.0 Å². The Morgan fingerprint density at radius 3 is 2.85 bits per heavy atom. The first-order chi connectivity index (χ1) is 12.7. The van der Waals surface area contributed by atoms with E-state index in [0.717, 1.165) is 19.5 Å². The summed E-state index contributed by atoms with van der Waals surface area (Å²) >= 11 is 1.34. The number of anilines is 1. The van der Waals surface area contributed by atoms with Crippen LogP contribution in [0.2, 0.25) is 0 Å². The molecule has 1 atom stereocenters. The van der Waals surface area contributed by atoms with E-state index in [0.29, 0.717) is 23.1 Å². The highest BCUT2D eigenvalue weighted by molar-refractivity contribution is 7.20. The van der Waals surface area contributed by atoms with E-state index in [1.54, 1.807) is 0 Å². The van der Waals surface area contributed by atoms with Crippen molar-refractivity contribution in [1.29, 1.82) is 0 Å². The van der Waals surface area contributed by atoms with Crippen molar-refractivity contribution in [1.82, 2.24) is 19.5 Å². The Bertz CT molecular complexity index is 968. The third-order valence-corrected chi connectivity index (χ3v) is 5.40. The number of likely N-dealkylation sites (tertiary alicyclic amines) is 1. The third kappa shape index (κ3) is 3.60. The number of nitrogens with zero attached hydrogens (tertiary/aromatic N) is 4. The number of benzene rings is 1. The lowest BCUT2D eigenvalue weighted by molar-refractivity contribution is -0.127. The highest BCUT2D eigenvalue weighted by Crippen LogP contribution is 2.21. The minimum absolute atomic E-state index is 0.192. The lowest BCUT2D eigenvalue weighted by Crippen LogP contribution is -2.28. The van der Waals surface area contributed by atoms with Crippen molar-refractivity contribution in [3.63, 3.8) is 0 Å². The molecule has 4 rings (SSSR count). The molecule has 0 spiro atoms. The maximum atomic E-state index is 12.2. The zero-order chi connectivity index (χ0) is 17.9. The summed E-state index contributed by atoms with van der Waals surface area (Å²) in [6.07, 6.45) is 2.91. The molecule has 0 bridgehead atoms. The van der Waals surface area contributed by atoms with Crippen molar-refractivity contribution in [2.24, 2.45) is 5.92 Å². The van der Waals surface area contributed by atoms with Crippen molar-refractivity contribution in [3.8, 4) is 0 Å². The van der Waals surface area contributed by atoms with Gasteiger partial charge < -0.3 is 10.2 Å². The molecule has 1 N–H and O–H groups in total. The largest absolute Gasteiger partial charge is 0.360 e. The fraction of sp³-hybridized carbons (Fsp3) is 0.333. The van der Waals surface area contributed by atoms with Crippen LogP contribution < -0.4 is 10.9 Å². The molecule has 1 aromatic carbocycles. The van der Waals surface area contributed by atoms with Crippen LogP contribution in [0, 0.1) is 5.92 Å². The molecule has 134 valence electrons. The number of carbonyl (C=O) groups excluding carboxylic acids is 1. The number of fused-ring (bicyclic) bond motifs is 1. The topological polar surface area (TPSA) is 79.6 Å². The van der Waals surface area contributed by atoms with Gasteiger partial charge in [-0.2, -0.15) is 4.52 Å². The van der Waals surface area contributed by atoms with E-state index in [1.165, 1.54) is 33.7 Å². The fourth-order valence-electron chi connectivity index (χ4n) is 3.16. The molecule has 1 aliphatic rings. The molecule has 0 radical (unpaired) electrons. The lowest BCUT2D eigenvalue weighted by atomic mass is 10.1. The number of nitrogens with one attached hydrogen (secondary N) is 1. The van der Waals surface area contributed by atoms with Crippen molar-refractivity contribution < 1.29 is 4.79 Å². The van der Waals surface area contributed by atoms with Gasteiger partial charge in [0.25, 0.3) is 5.56 Å². The van der Waals surface area contributed by atoms with Crippen LogP contribution in [0.4, 0.5) is 5.13 Å². The Kier molecular flexibility index (Phi) is 4.66. The highest BCUT2D eigenvalue weighted by Gasteiger charge is 2.29. The molecule has 26 heavy (non-hydrogen) atoms. The van der Waals surface area contributed by atoms with Crippen molar-refractivity contribution in [2.45, 2.75) is 12.8 Å². The molecular weight excluding hydrogens is 350 g/mol. The van der Waals surface area contributed by atoms with Crippen LogP contribution in [-0.2, 0) is 11.2 Å². The summed E-state index contributed by atoms with van der Waals surface area (Å²) in [7, 11) is 0. The van der Waals surface area contributed by atoms with Gasteiger partial charge in [0.05, 0.1) is 0 Å². The standard InChI is InChI=1S/C18H19N5O2S/c24-15-6-8-19-18-23(15)21-17(26-18)20-11-14-10-16(25)22(12-14)9-7-13-4-2-1-3-5-13/h1-6,8,14H,7,9-12H2,(H,20,21). The summed E-state index contributed by atoms with van der Waals surface area (Å²) in [5.41, 5.74) is 1.05. The lowest BCUT2D eigenvalue weighted by Gasteiger charge is -2.16. The highest BCUT2D eigenvalue weighted by atomic mass is 32.1. The van der Waals surface area contributed by atoms with Crippen LogP contribution >= 0.6 is 11.3 Å². The molecule has 0 saturated carbocycles. The van der Waals surface area contributed by atoms with E-state index in [4.69, 9.17) is 0 Å². The van der Waals surface area contributed by atoms with Crippen molar-refractivity contribution in [3.05, 3.63) is 58.5 Å². The first-order valence-electron chi connectivity index (χ1n) is 8.59. The molecule has 1 saturated heterocycles. The van der Waals surface area contributed by atoms with Gasteiger partial charge in [-0.15, -0.1) is 5.10 Å². The Hall–Kier alpha value is -2.74. The molecule has 2 aromatic heterocycles. The molecule has 1 aliphatic heterocycles. The average molecular weight is 369 g/mol. The van der Waals surface area contributed by atoms with Crippen LogP contribution in [0.25, 0.3) is 4.96 Å². The first-order valence-corrected chi connectivity index (χ1v) is 9.41. The molecule has 1 unspecified atom stereocenters. The van der Waals surface area contributed by atoms with E-state index < -0.39 is 0 Å². The van der Waals surface area contributed by atoms with Gasteiger partial charge in [-0.1, -0.05) is 41.7 Å². The maximum Gasteiger partial charge on any atom is 0.275 e. The van der Waals surface area contributed by atoms with E-state index in [9.17, 15) is 9.59 Å². The maximum absolute atomic E-state index is 12.2. The minimum atomic E-state index is -0.192. The molecule has 1 fully saturated rings. The van der Waals surface area contributed by atoms with Gasteiger partial charge in [0.1, 0.15) is 0 Å². The first kappa shape index (κ1) is 16.7. The summed E-state index contributed by atoms with van der Waals surface area (Å²) in [5.74, 6) is 0.449. The molecule has 8 heteroatoms. The summed E-state index contributed by atoms with van der Waals surface area (Å²) in [4.78, 5) is 30.6. The van der Waals surface area contributed by atoms with Gasteiger partial charge in [0.15, 0.2) is 0 Å². The Balaban J connectivity index is 1.32. The Morgan fingerprint density at radius 1 is 1.19 bits per heavy atom. The molecule has 3 aromatic rings. The SMILES string of the molecule is O=C1CC(CNc2nn3c(=O)ccnc3s2)CN1CCc1ccccc1. The molecule has 3 heterocycles. The summed E-state index contributed by atoms with van der Waals surface area (Å²) in [5, 5.41) is 8.13. The van der Waals surface area contributed by atoms with Crippen LogP contribution in [0.1, 0.15) is 12.0 Å². The van der Waals surface area contributed by atoms with Gasteiger partial charge >= 0.3 is 0 Å². The predicted octanol–water partition coefficient (Wildman–Crippen LogP) is 1.65. The number of hydrogen-bond donors (Lipinski definition) is 1. The molecule has 0 aliphatic carbocycles. The number of amides is 1. The zero-order valence-corrected chi connectivity index (χ0v) is 15.0. The van der Waals surface area contributed by atoms with Gasteiger partial charge in [0.2, 0.25) is 16.0 Å². The second-order valence-corrected chi connectivity index (χ2v) is 7.37. The van der Waals surface area contributed by atoms with E-state index >= 15 is 0 Å². The van der Waals surface area contributed by atoms with Gasteiger partial charge in [-0.05, 0) is 12.0 Å². The molecular formula is C18H19N5O2S. The quantitative estimate of drug-likeness (QED) is 0.715. The normalized spacial score (nSPS) is 17.2. The van der Waals surface area contributed by atoms with Crippen LogP contribution in [-0.4, -0.2) is 45.0 Å². The van der Waals surface area contributed by atoms with Gasteiger partial charge in [-0.25, -0.2) is 4.98 Å². The fourth-order valence-corrected chi connectivity index (χ4v) is 3.94. The van der Waals surface area contributed by atoms with Gasteiger partial charge in [0, 0.05) is 44.2 Å². The second-order valence-electron chi connectivity index (χ2n) is 6.41. The summed E-state index contributed by atoms with van der Waals surface area (Å²) in [6.45, 7) is 2.16. The van der Waals surface area contributed by atoms with E-state index in [1.807, 2.05) is 23.1 Å². The third-order valence-electron chi connectivity index (χ3n) is 4.52. The predicted molar refractivity (Wildman–Crippen MR) is 100 cm³/mol. The number of carbonyl (C=O) groups is 1. The molecule has 7 nitrogen and oxygen atoms in total. The Morgan fingerprint density at radius 2 is 2.04 bits per heavy atom. The monoisotopic (exact) mass is 369 g/mol. The number of hydrogen-bond acceptors (Lipinski definition) is 6. The summed E-state index contributed by atoms with van der Waals surface area (Å²) in [6, 6.07) is 11.6. The Labute approximate surface area is 154 Å². The number of rotatable bonds is 6. The van der Waals surface area contributed by atoms with Crippen LogP contribution in [0.15, 0.2) is 47.4 Å². The van der Waals surface area contributed by atoms with Gasteiger partial charge in [-0.3, -0.25) is 9.59 Å². The zero-order valence-electron chi connectivity index (χ0n) is 14.2. The van der Waals surface area contributed by atoms with Crippen molar-refractivity contribution >= 4 is 27.3 Å². The van der Waals surface area contributed by atoms with E-state index in [2.05, 4.69) is 27.5 Å². The molecule has 1 amide bonds. The minimum Gasteiger partial charge on any atom is -0.360 e. The van der Waals surface area contributed by atoms with E-state index in [-0.39, 0.29) is 17.4 Å². The van der Waals surface area contributed by atoms with Crippen LogP contribution in [0.5, 0.6) is 0 Å². The van der Waals surface area contributed by atoms with Crippen LogP contribution in [0.3, 0.4) is 0 Å². The second kappa shape index (κ2) is 7.25. The number of aromatic nitrogens is 3.